The Kier molecular flexibility index (Phi) is 4.46. The minimum atomic E-state index is 0.287. The van der Waals surface area contributed by atoms with Crippen LogP contribution < -0.4 is 20.5 Å². The van der Waals surface area contributed by atoms with Gasteiger partial charge in [-0.15, -0.1) is 0 Å². The fourth-order valence-electron chi connectivity index (χ4n) is 5.00. The van der Waals surface area contributed by atoms with E-state index in [2.05, 4.69) is 20.0 Å². The first-order valence-electron chi connectivity index (χ1n) is 10.8. The lowest BCUT2D eigenvalue weighted by Gasteiger charge is -2.23. The molecule has 0 spiro atoms. The van der Waals surface area contributed by atoms with Crippen LogP contribution in [0.5, 0.6) is 17.2 Å². The summed E-state index contributed by atoms with van der Waals surface area (Å²) in [6.45, 7) is 1.10. The molecule has 3 N–H and O–H groups in total. The zero-order valence-corrected chi connectivity index (χ0v) is 17.7. The molecular formula is C24H24N6O2. The fraction of sp³-hybridized carbons (Fsp3) is 0.292. The Hall–Kier alpha value is -3.65. The highest BCUT2D eigenvalue weighted by Gasteiger charge is 2.42. The van der Waals surface area contributed by atoms with Gasteiger partial charge < -0.3 is 20.5 Å². The van der Waals surface area contributed by atoms with Crippen LogP contribution in [0.1, 0.15) is 18.9 Å². The smallest absolute Gasteiger partial charge is 0.164 e. The van der Waals surface area contributed by atoms with Crippen LogP contribution in [-0.2, 0) is 0 Å². The third-order valence-electron chi connectivity index (χ3n) is 6.53. The van der Waals surface area contributed by atoms with Gasteiger partial charge >= 0.3 is 0 Å². The summed E-state index contributed by atoms with van der Waals surface area (Å²) in [5.41, 5.74) is 8.83. The number of nitrogens with zero attached hydrogens (tertiary/aromatic N) is 4. The lowest BCUT2D eigenvalue weighted by atomic mass is 10.1. The minimum Gasteiger partial charge on any atom is -0.497 e. The minimum absolute atomic E-state index is 0.287. The third-order valence-corrected chi connectivity index (χ3v) is 6.53. The fourth-order valence-corrected chi connectivity index (χ4v) is 5.00. The van der Waals surface area contributed by atoms with Crippen molar-refractivity contribution in [3.63, 3.8) is 0 Å². The molecule has 1 aliphatic carbocycles. The second-order valence-electron chi connectivity index (χ2n) is 8.48. The molecule has 3 unspecified atom stereocenters. The first-order valence-corrected chi connectivity index (χ1v) is 10.8. The van der Waals surface area contributed by atoms with Gasteiger partial charge in [-0.1, -0.05) is 6.07 Å². The number of fused-ring (bicyclic) bond motifs is 3. The highest BCUT2D eigenvalue weighted by atomic mass is 16.5. The number of ether oxygens (including phenoxy) is 2. The Bertz CT molecular complexity index is 1290. The molecule has 2 bridgehead atoms. The van der Waals surface area contributed by atoms with Gasteiger partial charge in [-0.05, 0) is 61.7 Å². The zero-order valence-electron chi connectivity index (χ0n) is 17.7. The summed E-state index contributed by atoms with van der Waals surface area (Å²) in [5, 5.41) is 9.41. The Morgan fingerprint density at radius 1 is 1.03 bits per heavy atom. The van der Waals surface area contributed by atoms with E-state index >= 15 is 0 Å². The highest BCUT2D eigenvalue weighted by molar-refractivity contribution is 5.98. The topological polar surface area (TPSA) is 100 Å². The molecule has 1 saturated heterocycles. The van der Waals surface area contributed by atoms with Gasteiger partial charge in [0, 0.05) is 17.7 Å². The van der Waals surface area contributed by atoms with E-state index in [9.17, 15) is 0 Å². The van der Waals surface area contributed by atoms with Gasteiger partial charge in [0.05, 0.1) is 18.5 Å². The van der Waals surface area contributed by atoms with E-state index in [-0.39, 0.29) is 6.04 Å². The molecule has 3 atom stereocenters. The van der Waals surface area contributed by atoms with Crippen molar-refractivity contribution >= 4 is 16.9 Å². The molecule has 2 aromatic heterocycles. The van der Waals surface area contributed by atoms with Crippen LogP contribution in [0.4, 0.5) is 5.82 Å². The van der Waals surface area contributed by atoms with Gasteiger partial charge in [-0.3, -0.25) is 0 Å². The number of benzene rings is 2. The van der Waals surface area contributed by atoms with E-state index in [4.69, 9.17) is 20.3 Å². The standard InChI is InChI=1S/C24H24N6O2/c1-31-17-3-2-4-18(11-17)32-16-7-5-15(6-8-16)22-21-23(25)27-13-28-24(21)30(29-22)20-10-14-9-19(20)26-12-14/h2-8,11,13-14,19-20,26H,9-10,12H2,1H3,(H2,25,27,28). The Morgan fingerprint density at radius 3 is 2.62 bits per heavy atom. The molecule has 6 rings (SSSR count). The number of piperidine rings is 1. The Labute approximate surface area is 185 Å². The second kappa shape index (κ2) is 7.49. The summed E-state index contributed by atoms with van der Waals surface area (Å²) in [7, 11) is 1.64. The van der Waals surface area contributed by atoms with Crippen LogP contribution in [0.2, 0.25) is 0 Å². The van der Waals surface area contributed by atoms with Crippen molar-refractivity contribution in [2.45, 2.75) is 24.9 Å². The van der Waals surface area contributed by atoms with Crippen molar-refractivity contribution in [2.24, 2.45) is 5.92 Å². The van der Waals surface area contributed by atoms with Crippen molar-refractivity contribution in [1.29, 1.82) is 0 Å². The van der Waals surface area contributed by atoms with Gasteiger partial charge in [-0.2, -0.15) is 5.10 Å². The maximum atomic E-state index is 6.29. The van der Waals surface area contributed by atoms with E-state index in [0.29, 0.717) is 23.5 Å². The predicted octanol–water partition coefficient (Wildman–Crippen LogP) is 3.80. The average molecular weight is 428 g/mol. The van der Waals surface area contributed by atoms with Gasteiger partial charge in [0.2, 0.25) is 0 Å². The predicted molar refractivity (Wildman–Crippen MR) is 122 cm³/mol. The monoisotopic (exact) mass is 428 g/mol. The summed E-state index contributed by atoms with van der Waals surface area (Å²) >= 11 is 0. The molecule has 0 radical (unpaired) electrons. The van der Waals surface area contributed by atoms with E-state index < -0.39 is 0 Å². The normalized spacial score (nSPS) is 21.8. The molecule has 1 saturated carbocycles. The van der Waals surface area contributed by atoms with Crippen LogP contribution in [0.15, 0.2) is 54.9 Å². The van der Waals surface area contributed by atoms with Crippen LogP contribution in [0.25, 0.3) is 22.3 Å². The van der Waals surface area contributed by atoms with Crippen LogP contribution in [0, 0.1) is 5.92 Å². The lowest BCUT2D eigenvalue weighted by molar-refractivity contribution is 0.342. The van der Waals surface area contributed by atoms with Gasteiger partial charge in [0.25, 0.3) is 0 Å². The van der Waals surface area contributed by atoms with E-state index in [1.807, 2.05) is 48.5 Å². The number of hydrogen-bond acceptors (Lipinski definition) is 7. The summed E-state index contributed by atoms with van der Waals surface area (Å²) < 4.78 is 13.3. The van der Waals surface area contributed by atoms with Crippen LogP contribution >= 0.6 is 0 Å². The quantitative estimate of drug-likeness (QED) is 0.499. The zero-order chi connectivity index (χ0) is 21.7. The summed E-state index contributed by atoms with van der Waals surface area (Å²) in [5.74, 6) is 3.35. The maximum absolute atomic E-state index is 6.29. The molecule has 162 valence electrons. The molecule has 8 nitrogen and oxygen atoms in total. The molecule has 2 aliphatic rings. The summed E-state index contributed by atoms with van der Waals surface area (Å²) in [6, 6.07) is 16.1. The molecule has 4 aromatic rings. The van der Waals surface area contributed by atoms with E-state index in [1.165, 1.54) is 12.7 Å². The number of nitrogens with two attached hydrogens (primary N) is 1. The van der Waals surface area contributed by atoms with Crippen molar-refractivity contribution in [3.05, 3.63) is 54.9 Å². The van der Waals surface area contributed by atoms with Crippen LogP contribution in [0.3, 0.4) is 0 Å². The first kappa shape index (κ1) is 19.1. The van der Waals surface area contributed by atoms with Gasteiger partial charge in [0.1, 0.15) is 35.1 Å². The number of anilines is 1. The number of aromatic nitrogens is 4. The van der Waals surface area contributed by atoms with Gasteiger partial charge in [0.15, 0.2) is 5.65 Å². The molecule has 32 heavy (non-hydrogen) atoms. The molecule has 1 aliphatic heterocycles. The Morgan fingerprint density at radius 2 is 1.88 bits per heavy atom. The molecular weight excluding hydrogens is 404 g/mol. The van der Waals surface area contributed by atoms with Crippen molar-refractivity contribution in [3.8, 4) is 28.5 Å². The van der Waals surface area contributed by atoms with E-state index in [1.54, 1.807) is 7.11 Å². The largest absolute Gasteiger partial charge is 0.497 e. The maximum Gasteiger partial charge on any atom is 0.164 e. The average Bonchev–Trinajstić information content (AvgIpc) is 3.54. The van der Waals surface area contributed by atoms with E-state index in [0.717, 1.165) is 46.8 Å². The SMILES string of the molecule is COc1cccc(Oc2ccc(-c3nn(C4CC5CNC4C5)c4ncnc(N)c34)cc2)c1. The number of methoxy groups -OCH3 is 1. The van der Waals surface area contributed by atoms with Crippen molar-refractivity contribution in [2.75, 3.05) is 19.4 Å². The summed E-state index contributed by atoms with van der Waals surface area (Å²) in [4.78, 5) is 8.78. The third kappa shape index (κ3) is 3.15. The molecule has 3 heterocycles. The number of hydrogen-bond donors (Lipinski definition) is 2. The summed E-state index contributed by atoms with van der Waals surface area (Å²) in [6.07, 6.45) is 3.83. The highest BCUT2D eigenvalue weighted by Crippen LogP contribution is 2.42. The molecule has 0 amide bonds. The van der Waals surface area contributed by atoms with Crippen molar-refractivity contribution < 1.29 is 9.47 Å². The second-order valence-corrected chi connectivity index (χ2v) is 8.48. The number of rotatable bonds is 5. The lowest BCUT2D eigenvalue weighted by Crippen LogP contribution is -2.35. The number of nitrogen functional groups attached to an aromatic ring is 1. The molecule has 2 fully saturated rings. The first-order chi connectivity index (χ1) is 15.7. The van der Waals surface area contributed by atoms with Crippen molar-refractivity contribution in [1.82, 2.24) is 25.1 Å². The van der Waals surface area contributed by atoms with Crippen LogP contribution in [-0.4, -0.2) is 39.4 Å². The Balaban J connectivity index is 1.35. The number of nitrogens with one attached hydrogen (secondary N) is 1. The molecule has 8 heteroatoms. The van der Waals surface area contributed by atoms with Gasteiger partial charge in [-0.25, -0.2) is 14.6 Å². The molecule has 2 aromatic carbocycles.